The van der Waals surface area contributed by atoms with Crippen molar-refractivity contribution in [2.24, 2.45) is 0 Å². The maximum atomic E-state index is 15.1. The predicted octanol–water partition coefficient (Wildman–Crippen LogP) is 5.46. The Hall–Kier alpha value is -4.57. The third-order valence-electron chi connectivity index (χ3n) is 5.81. The summed E-state index contributed by atoms with van der Waals surface area (Å²) in [4.78, 5) is 44.9. The molecule has 5 rings (SSSR count). The highest BCUT2D eigenvalue weighted by molar-refractivity contribution is 7.17. The summed E-state index contributed by atoms with van der Waals surface area (Å²) in [6.45, 7) is 5.03. The highest BCUT2D eigenvalue weighted by Gasteiger charge is 2.47. The summed E-state index contributed by atoms with van der Waals surface area (Å²) in [5, 5.41) is 11.5. The van der Waals surface area contributed by atoms with Crippen molar-refractivity contribution in [1.29, 1.82) is 0 Å². The van der Waals surface area contributed by atoms with Gasteiger partial charge in [0.05, 0.1) is 11.3 Å². The summed E-state index contributed by atoms with van der Waals surface area (Å²) in [5.41, 5.74) is 0.305. The lowest BCUT2D eigenvalue weighted by Crippen LogP contribution is -2.31. The molecule has 0 radical (unpaired) electrons. The molecule has 1 atom stereocenters. The number of hydrogen-bond acceptors (Lipinski definition) is 8. The molecule has 0 aliphatic carbocycles. The number of carbonyl (C=O) groups excluding carboxylic acids is 3. The third-order valence-corrected chi connectivity index (χ3v) is 6.95. The van der Waals surface area contributed by atoms with Crippen LogP contribution in [0.15, 0.2) is 83.0 Å². The number of thiazole rings is 1. The van der Waals surface area contributed by atoms with Crippen LogP contribution in [0.2, 0.25) is 0 Å². The minimum Gasteiger partial charge on any atom is -0.503 e. The largest absolute Gasteiger partial charge is 0.503 e. The summed E-state index contributed by atoms with van der Waals surface area (Å²) in [7, 11) is 0. The molecule has 3 heterocycles. The van der Waals surface area contributed by atoms with Crippen LogP contribution in [-0.2, 0) is 9.53 Å². The number of aryl methyl sites for hydroxylation is 1. The van der Waals surface area contributed by atoms with Gasteiger partial charge in [0.1, 0.15) is 28.9 Å². The van der Waals surface area contributed by atoms with Crippen molar-refractivity contribution in [3.63, 3.8) is 0 Å². The Morgan fingerprint density at radius 2 is 1.97 bits per heavy atom. The summed E-state index contributed by atoms with van der Waals surface area (Å²) >= 11 is 0.829. The number of amides is 1. The smallest absolute Gasteiger partial charge is 0.350 e. The average Bonchev–Trinajstić information content (AvgIpc) is 3.56. The number of esters is 1. The van der Waals surface area contributed by atoms with Gasteiger partial charge in [-0.05, 0) is 25.1 Å². The highest BCUT2D eigenvalue weighted by Crippen LogP contribution is 2.44. The summed E-state index contributed by atoms with van der Waals surface area (Å²) < 4.78 is 25.8. The minimum absolute atomic E-state index is 0.0136. The third kappa shape index (κ3) is 4.11. The van der Waals surface area contributed by atoms with Gasteiger partial charge in [-0.3, -0.25) is 14.5 Å². The Morgan fingerprint density at radius 1 is 1.24 bits per heavy atom. The number of rotatable bonds is 7. The van der Waals surface area contributed by atoms with E-state index in [0.717, 1.165) is 16.2 Å². The van der Waals surface area contributed by atoms with Gasteiger partial charge in [-0.2, -0.15) is 0 Å². The molecule has 1 aliphatic rings. The zero-order valence-electron chi connectivity index (χ0n) is 19.4. The van der Waals surface area contributed by atoms with Crippen molar-refractivity contribution in [2.45, 2.75) is 13.0 Å². The number of para-hydroxylation sites is 1. The summed E-state index contributed by atoms with van der Waals surface area (Å²) in [6, 6.07) is 12.7. The summed E-state index contributed by atoms with van der Waals surface area (Å²) in [5.74, 6) is -4.10. The first kappa shape index (κ1) is 24.1. The van der Waals surface area contributed by atoms with Crippen molar-refractivity contribution in [1.82, 2.24) is 4.98 Å². The fourth-order valence-corrected chi connectivity index (χ4v) is 5.11. The van der Waals surface area contributed by atoms with E-state index < -0.39 is 35.3 Å². The Morgan fingerprint density at radius 3 is 2.70 bits per heavy atom. The number of furan rings is 1. The predicted molar refractivity (Wildman–Crippen MR) is 134 cm³/mol. The molecule has 37 heavy (non-hydrogen) atoms. The molecule has 1 amide bonds. The SMILES string of the molecule is C=CCOC(=O)c1sc(N2C(=O)C(O)=C(C(=O)c3cc4ccccc4o3)C2c2ccccc2F)nc1C. The number of benzene rings is 2. The van der Waals surface area contributed by atoms with Gasteiger partial charge in [0.2, 0.25) is 5.78 Å². The number of anilines is 1. The van der Waals surface area contributed by atoms with Gasteiger partial charge >= 0.3 is 5.97 Å². The maximum absolute atomic E-state index is 15.1. The highest BCUT2D eigenvalue weighted by atomic mass is 32.1. The molecule has 0 saturated heterocycles. The van der Waals surface area contributed by atoms with Gasteiger partial charge in [0.25, 0.3) is 5.91 Å². The molecular weight excluding hydrogens is 499 g/mol. The fraction of sp³-hybridized carbons (Fsp3) is 0.111. The van der Waals surface area contributed by atoms with Crippen LogP contribution in [0.3, 0.4) is 0 Å². The molecule has 4 aromatic rings. The second-order valence-corrected chi connectivity index (χ2v) is 9.11. The molecule has 1 aliphatic heterocycles. The summed E-state index contributed by atoms with van der Waals surface area (Å²) in [6.07, 6.45) is 1.41. The Kier molecular flexibility index (Phi) is 6.18. The lowest BCUT2D eigenvalue weighted by Gasteiger charge is -2.24. The molecule has 1 N–H and O–H groups in total. The molecule has 186 valence electrons. The van der Waals surface area contributed by atoms with Crippen LogP contribution in [0.5, 0.6) is 0 Å². The second-order valence-electron chi connectivity index (χ2n) is 8.14. The number of nitrogens with zero attached hydrogens (tertiary/aromatic N) is 2. The molecule has 0 bridgehead atoms. The van der Waals surface area contributed by atoms with Crippen LogP contribution in [0.25, 0.3) is 11.0 Å². The molecule has 0 spiro atoms. The number of ether oxygens (including phenoxy) is 1. The first-order valence-electron chi connectivity index (χ1n) is 11.1. The van der Waals surface area contributed by atoms with Crippen LogP contribution in [0, 0.1) is 12.7 Å². The van der Waals surface area contributed by atoms with E-state index in [4.69, 9.17) is 9.15 Å². The fourth-order valence-electron chi connectivity index (χ4n) is 4.13. The van der Waals surface area contributed by atoms with Crippen LogP contribution >= 0.6 is 11.3 Å². The van der Waals surface area contributed by atoms with E-state index in [-0.39, 0.29) is 39.2 Å². The quantitative estimate of drug-likeness (QED) is 0.196. The minimum atomic E-state index is -1.36. The lowest BCUT2D eigenvalue weighted by atomic mass is 9.95. The monoisotopic (exact) mass is 518 g/mol. The molecule has 2 aromatic carbocycles. The van der Waals surface area contributed by atoms with Crippen molar-refractivity contribution in [2.75, 3.05) is 11.5 Å². The van der Waals surface area contributed by atoms with Crippen molar-refractivity contribution in [3.05, 3.63) is 106 Å². The second kappa shape index (κ2) is 9.47. The number of carbonyl (C=O) groups is 3. The topological polar surface area (TPSA) is 110 Å². The van der Waals surface area contributed by atoms with Gasteiger partial charge in [0, 0.05) is 10.9 Å². The Balaban J connectivity index is 1.63. The van der Waals surface area contributed by atoms with E-state index in [1.165, 1.54) is 30.3 Å². The van der Waals surface area contributed by atoms with Crippen molar-refractivity contribution in [3.8, 4) is 0 Å². The molecule has 1 unspecified atom stereocenters. The van der Waals surface area contributed by atoms with Gasteiger partial charge < -0.3 is 14.3 Å². The lowest BCUT2D eigenvalue weighted by molar-refractivity contribution is -0.117. The van der Waals surface area contributed by atoms with E-state index in [1.807, 2.05) is 0 Å². The number of ketones is 1. The van der Waals surface area contributed by atoms with E-state index in [0.29, 0.717) is 11.0 Å². The van der Waals surface area contributed by atoms with Crippen molar-refractivity contribution < 1.29 is 33.0 Å². The van der Waals surface area contributed by atoms with E-state index in [1.54, 1.807) is 37.3 Å². The van der Waals surface area contributed by atoms with Crippen LogP contribution in [0.1, 0.15) is 37.5 Å². The van der Waals surface area contributed by atoms with E-state index in [2.05, 4.69) is 11.6 Å². The van der Waals surface area contributed by atoms with Crippen molar-refractivity contribution >= 4 is 45.1 Å². The number of halogens is 1. The number of aliphatic hydroxyl groups is 1. The van der Waals surface area contributed by atoms with Crippen LogP contribution in [-0.4, -0.2) is 34.4 Å². The zero-order valence-corrected chi connectivity index (χ0v) is 20.3. The Labute approximate surface area is 213 Å². The van der Waals surface area contributed by atoms with Gasteiger partial charge in [-0.15, -0.1) is 0 Å². The molecule has 2 aromatic heterocycles. The molecule has 0 fully saturated rings. The first-order chi connectivity index (χ1) is 17.8. The van der Waals surface area contributed by atoms with Gasteiger partial charge in [-0.1, -0.05) is 60.4 Å². The molecule has 0 saturated carbocycles. The zero-order chi connectivity index (χ0) is 26.3. The Bertz CT molecular complexity index is 1580. The number of aliphatic hydroxyl groups excluding tert-OH is 1. The van der Waals surface area contributed by atoms with Gasteiger partial charge in [-0.25, -0.2) is 14.2 Å². The normalized spacial score (nSPS) is 15.5. The molecule has 8 nitrogen and oxygen atoms in total. The number of Topliss-reactive ketones (excluding diaryl/α,β-unsaturated/α-hetero) is 1. The van der Waals surface area contributed by atoms with E-state index in [9.17, 15) is 19.5 Å². The van der Waals surface area contributed by atoms with Crippen LogP contribution < -0.4 is 4.90 Å². The first-order valence-corrected chi connectivity index (χ1v) is 11.9. The van der Waals surface area contributed by atoms with Gasteiger partial charge in [0.15, 0.2) is 16.7 Å². The average molecular weight is 519 g/mol. The molecular formula is C27H19FN2O6S. The number of hydrogen-bond donors (Lipinski definition) is 1. The number of aromatic nitrogens is 1. The van der Waals surface area contributed by atoms with E-state index >= 15 is 4.39 Å². The standard InChI is InChI=1S/C27H19FN2O6S/c1-3-12-35-26(34)24-14(2)29-27(37-24)30-21(16-9-5-6-10-17(16)28)20(23(32)25(30)33)22(31)19-13-15-8-4-7-11-18(15)36-19/h3-11,13,21,32H,1,12H2,2H3. The maximum Gasteiger partial charge on any atom is 0.350 e. The number of fused-ring (bicyclic) bond motifs is 1. The molecule has 10 heteroatoms. The van der Waals surface area contributed by atoms with Crippen LogP contribution in [0.4, 0.5) is 9.52 Å².